The molecule has 15 N–H and O–H groups in total. The average molecular weight is 689 g/mol. The number of nitrogens with two attached hydrogens (primary N) is 3. The molecule has 0 aromatic heterocycles. The van der Waals surface area contributed by atoms with Crippen molar-refractivity contribution in [3.63, 3.8) is 0 Å². The van der Waals surface area contributed by atoms with E-state index in [1.54, 1.807) is 13.8 Å². The number of rotatable bonds is 23. The molecule has 21 heteroatoms. The Balaban J connectivity index is 5.87. The van der Waals surface area contributed by atoms with Gasteiger partial charge < -0.3 is 64.4 Å². The standard InChI is InChI=1S/C27H48N10O11/c1-13(2)7-16(23(44)32-10-19(30)40)35-27(48)22(14(3)39)37-25(46)17(8-21(42)43)34-26(47)18(11-38)36-24(45)15(33-20(41)9-28)5-4-6-31-12-29/h12-18,22,38-39H,4-11,28H2,1-3H3,(H2,29,31)(H2,30,40)(H,32,44)(H,33,41)(H,34,47)(H,35,48)(H,36,45)(H,37,46)(H,42,43)/t14-,15+,16+,17+,18+,22+/m1/s1. The number of primary amides is 1. The largest absolute Gasteiger partial charge is 0.481 e. The van der Waals surface area contributed by atoms with Crippen molar-refractivity contribution in [1.82, 2.24) is 31.9 Å². The smallest absolute Gasteiger partial charge is 0.305 e. The second-order valence-corrected chi connectivity index (χ2v) is 11.0. The predicted octanol–water partition coefficient (Wildman–Crippen LogP) is -6.37. The number of aliphatic hydroxyl groups is 2. The van der Waals surface area contributed by atoms with Crippen molar-refractivity contribution in [2.24, 2.45) is 28.1 Å². The maximum atomic E-state index is 13.1. The zero-order chi connectivity index (χ0) is 37.0. The molecule has 6 atom stereocenters. The van der Waals surface area contributed by atoms with Crippen LogP contribution in [0.1, 0.15) is 46.5 Å². The Hall–Kier alpha value is -4.89. The molecule has 0 unspecified atom stereocenters. The molecule has 0 rings (SSSR count). The third kappa shape index (κ3) is 17.1. The molecule has 0 fully saturated rings. The second kappa shape index (κ2) is 22.6. The Morgan fingerprint density at radius 2 is 1.35 bits per heavy atom. The van der Waals surface area contributed by atoms with Crippen LogP contribution in [0.4, 0.5) is 0 Å². The van der Waals surface area contributed by atoms with Gasteiger partial charge in [-0.2, -0.15) is 0 Å². The molecule has 0 aliphatic rings. The predicted molar refractivity (Wildman–Crippen MR) is 168 cm³/mol. The van der Waals surface area contributed by atoms with E-state index in [1.807, 2.05) is 0 Å². The van der Waals surface area contributed by atoms with Crippen molar-refractivity contribution in [2.75, 3.05) is 26.2 Å². The van der Waals surface area contributed by atoms with Crippen molar-refractivity contribution in [3.8, 4) is 0 Å². The van der Waals surface area contributed by atoms with E-state index in [9.17, 15) is 53.7 Å². The fraction of sp³-hybridized carbons (Fsp3) is 0.667. The highest BCUT2D eigenvalue weighted by atomic mass is 16.4. The minimum absolute atomic E-state index is 0.0341. The molecule has 0 bridgehead atoms. The molecule has 21 nitrogen and oxygen atoms in total. The Labute approximate surface area is 276 Å². The van der Waals surface area contributed by atoms with Gasteiger partial charge in [-0.1, -0.05) is 13.8 Å². The number of nitrogens with zero attached hydrogens (tertiary/aromatic N) is 1. The summed E-state index contributed by atoms with van der Waals surface area (Å²) < 4.78 is 0. The molecule has 0 saturated heterocycles. The molecule has 0 radical (unpaired) electrons. The third-order valence-corrected chi connectivity index (χ3v) is 6.39. The van der Waals surface area contributed by atoms with E-state index in [1.165, 1.54) is 0 Å². The number of aliphatic imine (C=N–C) groups is 1. The van der Waals surface area contributed by atoms with E-state index in [2.05, 4.69) is 36.9 Å². The Bertz CT molecular complexity index is 1170. The number of hydrogen-bond acceptors (Lipinski definition) is 12. The highest BCUT2D eigenvalue weighted by molar-refractivity contribution is 5.98. The summed E-state index contributed by atoms with van der Waals surface area (Å²) in [5.74, 6) is -8.42. The number of carboxylic acids is 1. The summed E-state index contributed by atoms with van der Waals surface area (Å²) in [6, 6.07) is -7.80. The van der Waals surface area contributed by atoms with Crippen LogP contribution in [0.25, 0.3) is 0 Å². The summed E-state index contributed by atoms with van der Waals surface area (Å²) in [5, 5.41) is 42.8. The van der Waals surface area contributed by atoms with E-state index in [0.717, 1.165) is 13.3 Å². The highest BCUT2D eigenvalue weighted by Gasteiger charge is 2.35. The van der Waals surface area contributed by atoms with Crippen LogP contribution in [0.3, 0.4) is 0 Å². The molecule has 48 heavy (non-hydrogen) atoms. The first-order valence-electron chi connectivity index (χ1n) is 14.9. The number of carbonyl (C=O) groups is 8. The van der Waals surface area contributed by atoms with Gasteiger partial charge in [-0.25, -0.2) is 0 Å². The zero-order valence-electron chi connectivity index (χ0n) is 27.1. The van der Waals surface area contributed by atoms with Crippen molar-refractivity contribution < 1.29 is 53.7 Å². The summed E-state index contributed by atoms with van der Waals surface area (Å²) in [5.41, 5.74) is 15.5. The lowest BCUT2D eigenvalue weighted by molar-refractivity contribution is -0.142. The van der Waals surface area contributed by atoms with Crippen LogP contribution in [0.2, 0.25) is 0 Å². The fourth-order valence-electron chi connectivity index (χ4n) is 4.03. The minimum Gasteiger partial charge on any atom is -0.481 e. The van der Waals surface area contributed by atoms with Crippen LogP contribution in [0, 0.1) is 5.92 Å². The molecule has 0 aromatic carbocycles. The van der Waals surface area contributed by atoms with Crippen molar-refractivity contribution in [3.05, 3.63) is 0 Å². The fourth-order valence-corrected chi connectivity index (χ4v) is 4.03. The van der Waals surface area contributed by atoms with Crippen LogP contribution in [-0.2, 0) is 38.4 Å². The van der Waals surface area contributed by atoms with Gasteiger partial charge in [0.25, 0.3) is 0 Å². The van der Waals surface area contributed by atoms with Crippen molar-refractivity contribution in [1.29, 1.82) is 0 Å². The molecule has 0 heterocycles. The first kappa shape index (κ1) is 43.1. The van der Waals surface area contributed by atoms with Gasteiger partial charge in [0, 0.05) is 6.54 Å². The van der Waals surface area contributed by atoms with Gasteiger partial charge in [-0.15, -0.1) is 0 Å². The normalized spacial score (nSPS) is 14.8. The Morgan fingerprint density at radius 3 is 1.85 bits per heavy atom. The number of amides is 7. The molecule has 0 spiro atoms. The third-order valence-electron chi connectivity index (χ3n) is 6.39. The lowest BCUT2D eigenvalue weighted by Gasteiger charge is -2.27. The van der Waals surface area contributed by atoms with Crippen LogP contribution in [0.15, 0.2) is 4.99 Å². The maximum Gasteiger partial charge on any atom is 0.305 e. The first-order chi connectivity index (χ1) is 22.5. The van der Waals surface area contributed by atoms with Gasteiger partial charge in [-0.05, 0) is 32.1 Å². The van der Waals surface area contributed by atoms with Crippen molar-refractivity contribution in [2.45, 2.75) is 82.8 Å². The molecule has 0 aromatic rings. The van der Waals surface area contributed by atoms with Gasteiger partial charge in [0.15, 0.2) is 0 Å². The van der Waals surface area contributed by atoms with E-state index >= 15 is 0 Å². The first-order valence-corrected chi connectivity index (χ1v) is 14.9. The highest BCUT2D eigenvalue weighted by Crippen LogP contribution is 2.07. The lowest BCUT2D eigenvalue weighted by atomic mass is 10.0. The molecular formula is C27H48N10O11. The lowest BCUT2D eigenvalue weighted by Crippen LogP contribution is -2.62. The molecule has 7 amide bonds. The quantitative estimate of drug-likeness (QED) is 0.0270. The summed E-state index contributed by atoms with van der Waals surface area (Å²) in [7, 11) is 0. The number of hydrogen-bond donors (Lipinski definition) is 12. The second-order valence-electron chi connectivity index (χ2n) is 11.0. The Kier molecular flexibility index (Phi) is 20.3. The van der Waals surface area contributed by atoms with Crippen molar-refractivity contribution >= 4 is 53.7 Å². The summed E-state index contributed by atoms with van der Waals surface area (Å²) >= 11 is 0. The number of aliphatic hydroxyl groups excluding tert-OH is 2. The van der Waals surface area contributed by atoms with Crippen LogP contribution in [-0.4, -0.2) is 132 Å². The number of aliphatic carboxylic acids is 1. The molecular weight excluding hydrogens is 640 g/mol. The molecule has 0 aliphatic heterocycles. The van der Waals surface area contributed by atoms with Gasteiger partial charge in [-0.3, -0.25) is 43.3 Å². The zero-order valence-corrected chi connectivity index (χ0v) is 27.1. The van der Waals surface area contributed by atoms with Gasteiger partial charge in [0.2, 0.25) is 41.4 Å². The Morgan fingerprint density at radius 1 is 0.792 bits per heavy atom. The topological polar surface area (TPSA) is 360 Å². The van der Waals surface area contributed by atoms with E-state index in [-0.39, 0.29) is 31.7 Å². The maximum absolute atomic E-state index is 13.1. The van der Waals surface area contributed by atoms with E-state index in [4.69, 9.17) is 17.2 Å². The molecule has 0 saturated carbocycles. The van der Waals surface area contributed by atoms with E-state index < -0.39 is 110 Å². The average Bonchev–Trinajstić information content (AvgIpc) is 3.00. The van der Waals surface area contributed by atoms with Crippen LogP contribution in [0.5, 0.6) is 0 Å². The van der Waals surface area contributed by atoms with Gasteiger partial charge in [0.05, 0.1) is 38.6 Å². The van der Waals surface area contributed by atoms with Crippen LogP contribution < -0.4 is 49.1 Å². The molecule has 272 valence electrons. The summed E-state index contributed by atoms with van der Waals surface area (Å²) in [6.45, 7) is 2.84. The minimum atomic E-state index is -1.89. The monoisotopic (exact) mass is 688 g/mol. The van der Waals surface area contributed by atoms with Gasteiger partial charge >= 0.3 is 5.97 Å². The number of carboxylic acid groups (broad SMARTS) is 1. The number of nitrogens with one attached hydrogen (secondary N) is 6. The summed E-state index contributed by atoms with van der Waals surface area (Å²) in [4.78, 5) is 103. The SMILES string of the molecule is CC(C)C[C@H](NC(=O)[C@@H](NC(=O)[C@H](CC(=O)O)NC(=O)[C@H](CO)NC(=O)[C@H](CCCN=CN)NC(=O)CN)[C@@H](C)O)C(=O)NCC(N)=O. The molecule has 0 aliphatic carbocycles. The van der Waals surface area contributed by atoms with Crippen LogP contribution >= 0.6 is 0 Å². The summed E-state index contributed by atoms with van der Waals surface area (Å²) in [6.07, 6.45) is -1.17. The van der Waals surface area contributed by atoms with Gasteiger partial charge in [0.1, 0.15) is 30.2 Å². The van der Waals surface area contributed by atoms with E-state index in [0.29, 0.717) is 0 Å². The number of carbonyl (C=O) groups excluding carboxylic acids is 7.